The van der Waals surface area contributed by atoms with Gasteiger partial charge in [0.25, 0.3) is 5.56 Å². The van der Waals surface area contributed by atoms with Crippen molar-refractivity contribution in [2.75, 3.05) is 0 Å². The van der Waals surface area contributed by atoms with Crippen molar-refractivity contribution in [2.45, 2.75) is 20.0 Å². The molecule has 2 heterocycles. The van der Waals surface area contributed by atoms with E-state index in [2.05, 4.69) is 10.1 Å². The van der Waals surface area contributed by atoms with Gasteiger partial charge in [0.1, 0.15) is 6.54 Å². The predicted octanol–water partition coefficient (Wildman–Crippen LogP) is 2.28. The zero-order valence-corrected chi connectivity index (χ0v) is 14.1. The summed E-state index contributed by atoms with van der Waals surface area (Å²) < 4.78 is 8.02. The number of benzene rings is 2. The highest BCUT2D eigenvalue weighted by Gasteiger charge is 2.15. The molecule has 26 heavy (non-hydrogen) atoms. The lowest BCUT2D eigenvalue weighted by Crippen LogP contribution is -2.39. The minimum absolute atomic E-state index is 0.0967. The number of para-hydroxylation sites is 1. The standard InChI is InChI=1S/C19H16N4O3/c1-2-22-18(24)14-10-6-7-11-15(14)23(19(22)25)12-16-20-17(21-26-16)13-8-4-3-5-9-13/h3-11H,2,12H2,1H3. The molecule has 0 radical (unpaired) electrons. The summed E-state index contributed by atoms with van der Waals surface area (Å²) in [6.45, 7) is 2.16. The molecule has 130 valence electrons. The van der Waals surface area contributed by atoms with Crippen LogP contribution in [0.4, 0.5) is 0 Å². The van der Waals surface area contributed by atoms with Crippen molar-refractivity contribution in [1.82, 2.24) is 19.3 Å². The SMILES string of the molecule is CCn1c(=O)c2ccccc2n(Cc2nc(-c3ccccc3)no2)c1=O. The number of hydrogen-bond donors (Lipinski definition) is 0. The van der Waals surface area contributed by atoms with Gasteiger partial charge in [-0.1, -0.05) is 47.6 Å². The third-order valence-corrected chi connectivity index (χ3v) is 4.24. The molecule has 0 fully saturated rings. The molecule has 7 nitrogen and oxygen atoms in total. The zero-order valence-electron chi connectivity index (χ0n) is 14.1. The van der Waals surface area contributed by atoms with Gasteiger partial charge in [-0.05, 0) is 19.1 Å². The number of fused-ring (bicyclic) bond motifs is 1. The van der Waals surface area contributed by atoms with Crippen LogP contribution in [-0.4, -0.2) is 19.3 Å². The smallest absolute Gasteiger partial charge is 0.331 e. The minimum atomic E-state index is -0.393. The lowest BCUT2D eigenvalue weighted by atomic mass is 10.2. The molecule has 0 amide bonds. The molecule has 0 aliphatic heterocycles. The second kappa shape index (κ2) is 6.44. The van der Waals surface area contributed by atoms with Crippen LogP contribution in [-0.2, 0) is 13.1 Å². The average Bonchev–Trinajstić information content (AvgIpc) is 3.15. The first-order valence-corrected chi connectivity index (χ1v) is 8.29. The highest BCUT2D eigenvalue weighted by atomic mass is 16.5. The van der Waals surface area contributed by atoms with Gasteiger partial charge in [-0.2, -0.15) is 4.98 Å². The van der Waals surface area contributed by atoms with Crippen LogP contribution in [0.15, 0.2) is 68.7 Å². The Bertz CT molecular complexity index is 1190. The third-order valence-electron chi connectivity index (χ3n) is 4.24. The number of nitrogens with zero attached hydrogens (tertiary/aromatic N) is 4. The molecule has 0 bridgehead atoms. The van der Waals surface area contributed by atoms with E-state index in [9.17, 15) is 9.59 Å². The second-order valence-electron chi connectivity index (χ2n) is 5.81. The third kappa shape index (κ3) is 2.63. The first kappa shape index (κ1) is 16.0. The Hall–Kier alpha value is -3.48. The molecule has 2 aromatic heterocycles. The van der Waals surface area contributed by atoms with Crippen LogP contribution >= 0.6 is 0 Å². The maximum absolute atomic E-state index is 12.8. The lowest BCUT2D eigenvalue weighted by molar-refractivity contribution is 0.369. The molecule has 0 saturated carbocycles. The molecule has 7 heteroatoms. The van der Waals surface area contributed by atoms with E-state index in [0.29, 0.717) is 29.2 Å². The molecule has 2 aromatic carbocycles. The van der Waals surface area contributed by atoms with Crippen LogP contribution in [0, 0.1) is 0 Å². The van der Waals surface area contributed by atoms with Crippen LogP contribution in [0.1, 0.15) is 12.8 Å². The first-order valence-electron chi connectivity index (χ1n) is 8.29. The number of rotatable bonds is 4. The first-order chi connectivity index (χ1) is 12.7. The van der Waals surface area contributed by atoms with Crippen molar-refractivity contribution < 1.29 is 4.52 Å². The molecule has 4 rings (SSSR count). The van der Waals surface area contributed by atoms with Crippen LogP contribution < -0.4 is 11.2 Å². The van der Waals surface area contributed by atoms with Crippen molar-refractivity contribution in [1.29, 1.82) is 0 Å². The average molecular weight is 348 g/mol. The van der Waals surface area contributed by atoms with E-state index >= 15 is 0 Å². The Balaban J connectivity index is 1.82. The Labute approximate surface area is 148 Å². The molecule has 0 aliphatic carbocycles. The monoisotopic (exact) mass is 348 g/mol. The fourth-order valence-corrected chi connectivity index (χ4v) is 2.96. The fraction of sp³-hybridized carbons (Fsp3) is 0.158. The van der Waals surface area contributed by atoms with Gasteiger partial charge in [0.05, 0.1) is 10.9 Å². The predicted molar refractivity (Wildman–Crippen MR) is 97.0 cm³/mol. The van der Waals surface area contributed by atoms with E-state index in [1.165, 1.54) is 9.13 Å². The van der Waals surface area contributed by atoms with Crippen molar-refractivity contribution in [2.24, 2.45) is 0 Å². The van der Waals surface area contributed by atoms with E-state index < -0.39 is 5.69 Å². The summed E-state index contributed by atoms with van der Waals surface area (Å²) in [5.74, 6) is 0.763. The van der Waals surface area contributed by atoms with E-state index in [1.54, 1.807) is 31.2 Å². The van der Waals surface area contributed by atoms with Gasteiger partial charge in [-0.25, -0.2) is 4.79 Å². The molecular weight excluding hydrogens is 332 g/mol. The maximum Gasteiger partial charge on any atom is 0.331 e. The van der Waals surface area contributed by atoms with E-state index in [4.69, 9.17) is 4.52 Å². The van der Waals surface area contributed by atoms with E-state index in [-0.39, 0.29) is 12.1 Å². The van der Waals surface area contributed by atoms with Gasteiger partial charge in [0, 0.05) is 12.1 Å². The largest absolute Gasteiger partial charge is 0.337 e. The van der Waals surface area contributed by atoms with Gasteiger partial charge in [-0.3, -0.25) is 13.9 Å². The van der Waals surface area contributed by atoms with E-state index in [1.807, 2.05) is 30.3 Å². The molecular formula is C19H16N4O3. The Morgan fingerprint density at radius 3 is 2.46 bits per heavy atom. The van der Waals surface area contributed by atoms with Crippen LogP contribution in [0.25, 0.3) is 22.3 Å². The van der Waals surface area contributed by atoms with Crippen molar-refractivity contribution in [3.63, 3.8) is 0 Å². The van der Waals surface area contributed by atoms with Crippen LogP contribution in [0.2, 0.25) is 0 Å². The van der Waals surface area contributed by atoms with Gasteiger partial charge >= 0.3 is 5.69 Å². The molecule has 0 unspecified atom stereocenters. The highest BCUT2D eigenvalue weighted by molar-refractivity contribution is 5.77. The van der Waals surface area contributed by atoms with Gasteiger partial charge in [-0.15, -0.1) is 0 Å². The summed E-state index contributed by atoms with van der Waals surface area (Å²) in [7, 11) is 0. The van der Waals surface area contributed by atoms with E-state index in [0.717, 1.165) is 5.56 Å². The maximum atomic E-state index is 12.8. The normalized spacial score (nSPS) is 11.1. The Morgan fingerprint density at radius 2 is 1.69 bits per heavy atom. The molecule has 0 atom stereocenters. The van der Waals surface area contributed by atoms with Gasteiger partial charge in [0.2, 0.25) is 11.7 Å². The molecule has 0 aliphatic rings. The van der Waals surface area contributed by atoms with Crippen molar-refractivity contribution in [3.8, 4) is 11.4 Å². The summed E-state index contributed by atoms with van der Waals surface area (Å²) in [5.41, 5.74) is 0.695. The summed E-state index contributed by atoms with van der Waals surface area (Å²) in [6, 6.07) is 16.5. The fourth-order valence-electron chi connectivity index (χ4n) is 2.96. The highest BCUT2D eigenvalue weighted by Crippen LogP contribution is 2.16. The Morgan fingerprint density at radius 1 is 0.962 bits per heavy atom. The number of hydrogen-bond acceptors (Lipinski definition) is 5. The van der Waals surface area contributed by atoms with Crippen LogP contribution in [0.5, 0.6) is 0 Å². The topological polar surface area (TPSA) is 82.9 Å². The summed E-state index contributed by atoms with van der Waals surface area (Å²) in [4.78, 5) is 29.6. The summed E-state index contributed by atoms with van der Waals surface area (Å²) >= 11 is 0. The summed E-state index contributed by atoms with van der Waals surface area (Å²) in [5, 5.41) is 4.47. The molecule has 0 spiro atoms. The second-order valence-corrected chi connectivity index (χ2v) is 5.81. The molecule has 4 aromatic rings. The lowest BCUT2D eigenvalue weighted by Gasteiger charge is -2.11. The van der Waals surface area contributed by atoms with Gasteiger partial charge < -0.3 is 4.52 Å². The minimum Gasteiger partial charge on any atom is -0.337 e. The van der Waals surface area contributed by atoms with Crippen molar-refractivity contribution in [3.05, 3.63) is 81.3 Å². The zero-order chi connectivity index (χ0) is 18.1. The van der Waals surface area contributed by atoms with Gasteiger partial charge in [0.15, 0.2) is 0 Å². The number of aromatic nitrogens is 4. The Kier molecular flexibility index (Phi) is 3.96. The quantitative estimate of drug-likeness (QED) is 0.565. The summed E-state index contributed by atoms with van der Waals surface area (Å²) in [6.07, 6.45) is 0. The molecule has 0 saturated heterocycles. The van der Waals surface area contributed by atoms with Crippen molar-refractivity contribution >= 4 is 10.9 Å². The van der Waals surface area contributed by atoms with Crippen LogP contribution in [0.3, 0.4) is 0 Å². The molecule has 0 N–H and O–H groups in total.